The van der Waals surface area contributed by atoms with E-state index in [1.807, 2.05) is 19.1 Å². The molecule has 0 fully saturated rings. The summed E-state index contributed by atoms with van der Waals surface area (Å²) >= 11 is 0. The Morgan fingerprint density at radius 1 is 1.04 bits per heavy atom. The largest absolute Gasteiger partial charge is 0.325 e. The molecule has 0 radical (unpaired) electrons. The first kappa shape index (κ1) is 17.6. The summed E-state index contributed by atoms with van der Waals surface area (Å²) in [4.78, 5) is 24.6. The molecule has 2 aromatic carbocycles. The van der Waals surface area contributed by atoms with Gasteiger partial charge in [0, 0.05) is 12.6 Å². The summed E-state index contributed by atoms with van der Waals surface area (Å²) in [6.07, 6.45) is 0.874. The van der Waals surface area contributed by atoms with E-state index in [0.29, 0.717) is 5.69 Å². The molecular weight excluding hydrogens is 314 g/mol. The van der Waals surface area contributed by atoms with E-state index in [1.165, 1.54) is 6.07 Å². The van der Waals surface area contributed by atoms with Crippen molar-refractivity contribution in [3.05, 3.63) is 59.7 Å². The second-order valence-electron chi connectivity index (χ2n) is 5.27. The van der Waals surface area contributed by atoms with Gasteiger partial charge >= 0.3 is 0 Å². The van der Waals surface area contributed by atoms with E-state index in [4.69, 9.17) is 0 Å². The Bertz CT molecular complexity index is 725. The van der Waals surface area contributed by atoms with Crippen LogP contribution in [0.2, 0.25) is 0 Å². The van der Waals surface area contributed by atoms with Gasteiger partial charge in [-0.2, -0.15) is 0 Å². The van der Waals surface area contributed by atoms with Crippen LogP contribution in [0.4, 0.5) is 20.2 Å². The van der Waals surface area contributed by atoms with E-state index in [0.717, 1.165) is 35.9 Å². The first-order valence-electron chi connectivity index (χ1n) is 7.53. The van der Waals surface area contributed by atoms with Gasteiger partial charge in [-0.1, -0.05) is 25.1 Å². The Morgan fingerprint density at radius 2 is 1.62 bits per heavy atom. The lowest BCUT2D eigenvalue weighted by molar-refractivity contribution is -0.120. The van der Waals surface area contributed by atoms with Crippen molar-refractivity contribution in [3.63, 3.8) is 0 Å². The fraction of sp³-hybridized carbons (Fsp3) is 0.222. The number of nitrogens with zero attached hydrogens (tertiary/aromatic N) is 1. The number of benzene rings is 2. The minimum absolute atomic E-state index is 0.483. The van der Waals surface area contributed by atoms with Crippen LogP contribution >= 0.6 is 0 Å². The molecule has 0 unspecified atom stereocenters. The number of halogens is 2. The molecule has 2 rings (SSSR count). The van der Waals surface area contributed by atoms with Crippen LogP contribution < -0.4 is 10.2 Å². The van der Waals surface area contributed by atoms with Crippen LogP contribution in [0.25, 0.3) is 0 Å². The van der Waals surface area contributed by atoms with Crippen molar-refractivity contribution < 1.29 is 18.4 Å². The third kappa shape index (κ3) is 4.16. The van der Waals surface area contributed by atoms with Gasteiger partial charge in [0.05, 0.1) is 0 Å². The van der Waals surface area contributed by atoms with Crippen molar-refractivity contribution in [2.45, 2.75) is 20.3 Å². The molecule has 0 saturated carbocycles. The maximum Gasteiger partial charge on any atom is 0.244 e. The van der Waals surface area contributed by atoms with Crippen LogP contribution in [0, 0.1) is 11.6 Å². The minimum Gasteiger partial charge on any atom is -0.325 e. The van der Waals surface area contributed by atoms with Crippen LogP contribution in [0.5, 0.6) is 0 Å². The fourth-order valence-electron chi connectivity index (χ4n) is 2.26. The first-order chi connectivity index (χ1) is 11.4. The number of para-hydroxylation sites is 1. The number of carbonyl (C=O) groups excluding carboxylic acids is 2. The summed E-state index contributed by atoms with van der Waals surface area (Å²) in [5.41, 5.74) is 1.14. The van der Waals surface area contributed by atoms with E-state index in [2.05, 4.69) is 5.32 Å². The van der Waals surface area contributed by atoms with Crippen LogP contribution in [-0.2, 0) is 16.0 Å². The topological polar surface area (TPSA) is 49.4 Å². The quantitative estimate of drug-likeness (QED) is 0.911. The monoisotopic (exact) mass is 332 g/mol. The Morgan fingerprint density at radius 3 is 2.12 bits per heavy atom. The van der Waals surface area contributed by atoms with E-state index in [-0.39, 0.29) is 0 Å². The van der Waals surface area contributed by atoms with Crippen molar-refractivity contribution in [3.8, 4) is 0 Å². The smallest absolute Gasteiger partial charge is 0.244 e. The number of anilines is 2. The average molecular weight is 332 g/mol. The van der Waals surface area contributed by atoms with Gasteiger partial charge in [-0.25, -0.2) is 8.78 Å². The predicted molar refractivity (Wildman–Crippen MR) is 88.8 cm³/mol. The Balaban J connectivity index is 2.15. The molecule has 0 aromatic heterocycles. The highest BCUT2D eigenvalue weighted by Gasteiger charge is 2.22. The van der Waals surface area contributed by atoms with Crippen molar-refractivity contribution >= 4 is 23.2 Å². The van der Waals surface area contributed by atoms with Crippen molar-refractivity contribution in [1.82, 2.24) is 0 Å². The van der Waals surface area contributed by atoms with Gasteiger partial charge < -0.3 is 5.32 Å². The van der Waals surface area contributed by atoms with Crippen molar-refractivity contribution in [2.24, 2.45) is 0 Å². The lowest BCUT2D eigenvalue weighted by Gasteiger charge is -2.21. The molecule has 0 bridgehead atoms. The number of carbonyl (C=O) groups is 2. The van der Waals surface area contributed by atoms with Gasteiger partial charge in [-0.3, -0.25) is 14.5 Å². The fourth-order valence-corrected chi connectivity index (χ4v) is 2.26. The molecule has 6 heteroatoms. The zero-order valence-electron chi connectivity index (χ0n) is 13.5. The third-order valence-corrected chi connectivity index (χ3v) is 3.54. The van der Waals surface area contributed by atoms with Gasteiger partial charge in [0.1, 0.15) is 23.9 Å². The number of amides is 2. The van der Waals surface area contributed by atoms with Crippen LogP contribution in [0.1, 0.15) is 19.4 Å². The minimum atomic E-state index is -0.898. The Labute approximate surface area is 139 Å². The van der Waals surface area contributed by atoms with E-state index < -0.39 is 35.7 Å². The summed E-state index contributed by atoms with van der Waals surface area (Å²) in [5, 5.41) is 2.61. The Kier molecular flexibility index (Phi) is 5.63. The molecule has 4 nitrogen and oxygen atoms in total. The number of hydrogen-bond acceptors (Lipinski definition) is 2. The predicted octanol–water partition coefficient (Wildman–Crippen LogP) is 3.52. The summed E-state index contributed by atoms with van der Waals surface area (Å²) in [5.74, 6) is -2.97. The van der Waals surface area contributed by atoms with Crippen molar-refractivity contribution in [1.29, 1.82) is 0 Å². The highest BCUT2D eigenvalue weighted by molar-refractivity contribution is 6.01. The number of aryl methyl sites for hydroxylation is 1. The van der Waals surface area contributed by atoms with Gasteiger partial charge in [-0.15, -0.1) is 0 Å². The second-order valence-corrected chi connectivity index (χ2v) is 5.27. The number of rotatable bonds is 5. The summed E-state index contributed by atoms with van der Waals surface area (Å²) < 4.78 is 27.7. The maximum atomic E-state index is 13.9. The van der Waals surface area contributed by atoms with E-state index in [9.17, 15) is 18.4 Å². The third-order valence-electron chi connectivity index (χ3n) is 3.54. The molecule has 0 saturated heterocycles. The van der Waals surface area contributed by atoms with Gasteiger partial charge in [0.15, 0.2) is 0 Å². The van der Waals surface area contributed by atoms with Gasteiger partial charge in [-0.05, 0) is 36.2 Å². The SMILES string of the molecule is CCc1ccc(NC(=O)CN(C(C)=O)c2c(F)cccc2F)cc1. The van der Waals surface area contributed by atoms with Crippen LogP contribution in [0.3, 0.4) is 0 Å². The molecule has 2 aromatic rings. The summed E-state index contributed by atoms with van der Waals surface area (Å²) in [7, 11) is 0. The molecule has 0 aliphatic heterocycles. The zero-order valence-corrected chi connectivity index (χ0v) is 13.5. The van der Waals surface area contributed by atoms with Crippen LogP contribution in [0.15, 0.2) is 42.5 Å². The molecule has 1 N–H and O–H groups in total. The molecule has 2 amide bonds. The lowest BCUT2D eigenvalue weighted by Crippen LogP contribution is -2.37. The molecule has 0 aliphatic carbocycles. The van der Waals surface area contributed by atoms with Crippen LogP contribution in [-0.4, -0.2) is 18.4 Å². The normalized spacial score (nSPS) is 10.3. The zero-order chi connectivity index (χ0) is 17.7. The highest BCUT2D eigenvalue weighted by Crippen LogP contribution is 2.23. The molecule has 0 aliphatic rings. The standard InChI is InChI=1S/C18H18F2N2O2/c1-3-13-7-9-14(10-8-13)21-17(24)11-22(12(2)23)18-15(19)5-4-6-16(18)20/h4-10H,3,11H2,1-2H3,(H,21,24). The molecular formula is C18H18F2N2O2. The number of nitrogens with one attached hydrogen (secondary N) is 1. The second kappa shape index (κ2) is 7.68. The Hall–Kier alpha value is -2.76. The van der Waals surface area contributed by atoms with Gasteiger partial charge in [0.2, 0.25) is 11.8 Å². The number of hydrogen-bond donors (Lipinski definition) is 1. The highest BCUT2D eigenvalue weighted by atomic mass is 19.1. The molecule has 24 heavy (non-hydrogen) atoms. The molecule has 0 atom stereocenters. The summed E-state index contributed by atoms with van der Waals surface area (Å²) in [6, 6.07) is 10.5. The van der Waals surface area contributed by atoms with Gasteiger partial charge in [0.25, 0.3) is 0 Å². The molecule has 126 valence electrons. The average Bonchev–Trinajstić information content (AvgIpc) is 2.54. The van der Waals surface area contributed by atoms with E-state index in [1.54, 1.807) is 12.1 Å². The maximum absolute atomic E-state index is 13.9. The molecule has 0 spiro atoms. The lowest BCUT2D eigenvalue weighted by atomic mass is 10.1. The van der Waals surface area contributed by atoms with Crippen molar-refractivity contribution in [2.75, 3.05) is 16.8 Å². The molecule has 0 heterocycles. The summed E-state index contributed by atoms with van der Waals surface area (Å²) in [6.45, 7) is 2.68. The van der Waals surface area contributed by atoms with E-state index >= 15 is 0 Å². The first-order valence-corrected chi connectivity index (χ1v) is 7.53.